The van der Waals surface area contributed by atoms with Crippen molar-refractivity contribution in [3.05, 3.63) is 29.8 Å². The zero-order valence-corrected chi connectivity index (χ0v) is 13.3. The van der Waals surface area contributed by atoms with Gasteiger partial charge in [0.05, 0.1) is 5.92 Å². The van der Waals surface area contributed by atoms with Gasteiger partial charge in [0.25, 0.3) is 0 Å². The van der Waals surface area contributed by atoms with E-state index in [2.05, 4.69) is 10.6 Å². The van der Waals surface area contributed by atoms with Crippen molar-refractivity contribution < 1.29 is 14.7 Å². The molecule has 0 saturated carbocycles. The highest BCUT2D eigenvalue weighted by molar-refractivity contribution is 6.01. The van der Waals surface area contributed by atoms with Gasteiger partial charge in [-0.2, -0.15) is 0 Å². The molecule has 120 valence electrons. The molecule has 0 radical (unpaired) electrons. The molecular weight excluding hydrogens is 280 g/mol. The van der Waals surface area contributed by atoms with Crippen LogP contribution >= 0.6 is 0 Å². The van der Waals surface area contributed by atoms with Crippen LogP contribution in [0, 0.1) is 5.41 Å². The van der Waals surface area contributed by atoms with Gasteiger partial charge in [-0.25, -0.2) is 0 Å². The molecule has 1 aliphatic rings. The number of hydrogen-bond acceptors (Lipinski definition) is 3. The highest BCUT2D eigenvalue weighted by atomic mass is 16.3. The molecule has 0 aromatic heterocycles. The van der Waals surface area contributed by atoms with Crippen LogP contribution in [-0.2, 0) is 9.59 Å². The lowest BCUT2D eigenvalue weighted by Crippen LogP contribution is -2.47. The van der Waals surface area contributed by atoms with E-state index in [0.717, 1.165) is 5.56 Å². The van der Waals surface area contributed by atoms with E-state index in [4.69, 9.17) is 0 Å². The Labute approximate surface area is 131 Å². The van der Waals surface area contributed by atoms with Gasteiger partial charge in [0.1, 0.15) is 0 Å². The molecule has 5 nitrogen and oxygen atoms in total. The van der Waals surface area contributed by atoms with E-state index in [0.29, 0.717) is 12.1 Å². The van der Waals surface area contributed by atoms with E-state index in [-0.39, 0.29) is 36.3 Å². The van der Waals surface area contributed by atoms with Crippen molar-refractivity contribution in [2.24, 2.45) is 5.41 Å². The third-order valence-corrected chi connectivity index (χ3v) is 4.10. The summed E-state index contributed by atoms with van der Waals surface area (Å²) in [5.74, 6) is -0.780. The van der Waals surface area contributed by atoms with Crippen molar-refractivity contribution in [1.29, 1.82) is 0 Å². The van der Waals surface area contributed by atoms with E-state index in [1.807, 2.05) is 45.0 Å². The summed E-state index contributed by atoms with van der Waals surface area (Å²) in [7, 11) is 0. The first-order chi connectivity index (χ1) is 10.3. The van der Waals surface area contributed by atoms with Crippen molar-refractivity contribution in [2.75, 3.05) is 11.9 Å². The third-order valence-electron chi connectivity index (χ3n) is 4.10. The number of rotatable bonds is 4. The van der Waals surface area contributed by atoms with E-state index in [1.165, 1.54) is 0 Å². The number of carbonyl (C=O) groups excluding carboxylic acids is 2. The summed E-state index contributed by atoms with van der Waals surface area (Å²) in [5.41, 5.74) is 1.39. The van der Waals surface area contributed by atoms with Gasteiger partial charge in [0, 0.05) is 24.8 Å². The first kappa shape index (κ1) is 16.5. The summed E-state index contributed by atoms with van der Waals surface area (Å²) >= 11 is 0. The van der Waals surface area contributed by atoms with Crippen LogP contribution in [0.3, 0.4) is 0 Å². The van der Waals surface area contributed by atoms with Crippen LogP contribution in [0.5, 0.6) is 0 Å². The second-order valence-electron chi connectivity index (χ2n) is 6.83. The molecule has 0 saturated heterocycles. The fourth-order valence-electron chi connectivity index (χ4n) is 2.77. The van der Waals surface area contributed by atoms with Crippen LogP contribution < -0.4 is 10.6 Å². The van der Waals surface area contributed by atoms with Gasteiger partial charge in [0.2, 0.25) is 11.8 Å². The normalized spacial score (nSPS) is 19.1. The minimum Gasteiger partial charge on any atom is -0.396 e. The topological polar surface area (TPSA) is 78.4 Å². The van der Waals surface area contributed by atoms with Crippen LogP contribution in [0.25, 0.3) is 0 Å². The second-order valence-corrected chi connectivity index (χ2v) is 6.83. The maximum absolute atomic E-state index is 12.7. The van der Waals surface area contributed by atoms with Crippen LogP contribution in [0.15, 0.2) is 24.3 Å². The Balaban J connectivity index is 2.20. The molecule has 1 aromatic carbocycles. The fraction of sp³-hybridized carbons (Fsp3) is 0.529. The summed E-state index contributed by atoms with van der Waals surface area (Å²) in [5, 5.41) is 15.0. The van der Waals surface area contributed by atoms with E-state index < -0.39 is 5.92 Å². The van der Waals surface area contributed by atoms with Gasteiger partial charge in [-0.05, 0) is 23.5 Å². The van der Waals surface area contributed by atoms with Crippen LogP contribution in [0.2, 0.25) is 0 Å². The molecule has 0 aliphatic carbocycles. The molecule has 0 bridgehead atoms. The number of anilines is 1. The standard InChI is InChI=1S/C17H24N2O3/c1-17(2,3)14(8-9-20)19-16(22)12-10-15(21)18-13-7-5-4-6-11(12)13/h4-7,12,14,20H,8-10H2,1-3H3,(H,18,21)(H,19,22). The summed E-state index contributed by atoms with van der Waals surface area (Å²) in [6.45, 7) is 6.09. The molecular formula is C17H24N2O3. The number of benzene rings is 1. The number of aliphatic hydroxyl groups excluding tert-OH is 1. The Bertz CT molecular complexity index is 563. The molecule has 2 amide bonds. The summed E-state index contributed by atoms with van der Waals surface area (Å²) < 4.78 is 0. The lowest BCUT2D eigenvalue weighted by molar-refractivity contribution is -0.127. The van der Waals surface area contributed by atoms with Crippen molar-refractivity contribution in [3.63, 3.8) is 0 Å². The average molecular weight is 304 g/mol. The Kier molecular flexibility index (Phi) is 4.86. The molecule has 2 unspecified atom stereocenters. The highest BCUT2D eigenvalue weighted by Gasteiger charge is 2.33. The molecule has 5 heteroatoms. The van der Waals surface area contributed by atoms with Gasteiger partial charge in [0.15, 0.2) is 0 Å². The SMILES string of the molecule is CC(C)(C)C(CCO)NC(=O)C1CC(=O)Nc2ccccc21. The fourth-order valence-corrected chi connectivity index (χ4v) is 2.77. The number of aliphatic hydroxyl groups is 1. The molecule has 1 heterocycles. The van der Waals surface area contributed by atoms with Gasteiger partial charge in [-0.1, -0.05) is 39.0 Å². The van der Waals surface area contributed by atoms with Crippen LogP contribution in [0.4, 0.5) is 5.69 Å². The molecule has 3 N–H and O–H groups in total. The van der Waals surface area contributed by atoms with E-state index >= 15 is 0 Å². The first-order valence-electron chi connectivity index (χ1n) is 7.63. The lowest BCUT2D eigenvalue weighted by atomic mass is 9.83. The van der Waals surface area contributed by atoms with Crippen molar-refractivity contribution >= 4 is 17.5 Å². The molecule has 2 atom stereocenters. The Morgan fingerprint density at radius 1 is 1.41 bits per heavy atom. The maximum atomic E-state index is 12.7. The summed E-state index contributed by atoms with van der Waals surface area (Å²) in [6, 6.07) is 7.25. The van der Waals surface area contributed by atoms with Crippen LogP contribution in [-0.4, -0.2) is 29.6 Å². The maximum Gasteiger partial charge on any atom is 0.228 e. The number of carbonyl (C=O) groups is 2. The van der Waals surface area contributed by atoms with Gasteiger partial charge in [-0.3, -0.25) is 9.59 Å². The summed E-state index contributed by atoms with van der Waals surface area (Å²) in [4.78, 5) is 24.5. The molecule has 0 fully saturated rings. The van der Waals surface area contributed by atoms with E-state index in [9.17, 15) is 14.7 Å². The smallest absolute Gasteiger partial charge is 0.228 e. The Morgan fingerprint density at radius 2 is 2.09 bits per heavy atom. The van der Waals surface area contributed by atoms with Gasteiger partial charge >= 0.3 is 0 Å². The predicted molar refractivity (Wildman–Crippen MR) is 85.5 cm³/mol. The number of nitrogens with one attached hydrogen (secondary N) is 2. The number of fused-ring (bicyclic) bond motifs is 1. The Morgan fingerprint density at radius 3 is 2.73 bits per heavy atom. The van der Waals surface area contributed by atoms with Crippen molar-refractivity contribution in [3.8, 4) is 0 Å². The van der Waals surface area contributed by atoms with Crippen molar-refractivity contribution in [1.82, 2.24) is 5.32 Å². The quantitative estimate of drug-likeness (QED) is 0.796. The molecule has 22 heavy (non-hydrogen) atoms. The minimum atomic E-state index is -0.478. The molecule has 0 spiro atoms. The number of para-hydroxylation sites is 1. The van der Waals surface area contributed by atoms with Crippen molar-refractivity contribution in [2.45, 2.75) is 45.6 Å². The zero-order valence-electron chi connectivity index (χ0n) is 13.3. The first-order valence-corrected chi connectivity index (χ1v) is 7.63. The average Bonchev–Trinajstić information content (AvgIpc) is 2.44. The highest BCUT2D eigenvalue weighted by Crippen LogP contribution is 2.33. The molecule has 1 aliphatic heterocycles. The largest absolute Gasteiger partial charge is 0.396 e. The predicted octanol–water partition coefficient (Wildman–Crippen LogP) is 2.03. The monoisotopic (exact) mass is 304 g/mol. The minimum absolute atomic E-state index is 0.0178. The number of hydrogen-bond donors (Lipinski definition) is 3. The van der Waals surface area contributed by atoms with Gasteiger partial charge < -0.3 is 15.7 Å². The van der Waals surface area contributed by atoms with Gasteiger partial charge in [-0.15, -0.1) is 0 Å². The van der Waals surface area contributed by atoms with E-state index in [1.54, 1.807) is 0 Å². The molecule has 2 rings (SSSR count). The number of amides is 2. The Hall–Kier alpha value is -1.88. The zero-order chi connectivity index (χ0) is 16.3. The second kappa shape index (κ2) is 6.48. The lowest BCUT2D eigenvalue weighted by Gasteiger charge is -2.33. The summed E-state index contributed by atoms with van der Waals surface area (Å²) in [6.07, 6.45) is 0.647. The molecule has 1 aromatic rings. The van der Waals surface area contributed by atoms with Crippen LogP contribution in [0.1, 0.15) is 45.1 Å². The third kappa shape index (κ3) is 3.65.